The Balaban J connectivity index is 1.75. The zero-order valence-electron chi connectivity index (χ0n) is 13.2. The van der Waals surface area contributed by atoms with Gasteiger partial charge < -0.3 is 15.5 Å². The summed E-state index contributed by atoms with van der Waals surface area (Å²) in [7, 11) is 0. The topological polar surface area (TPSA) is 64.7 Å². The molecule has 2 unspecified atom stereocenters. The predicted molar refractivity (Wildman–Crippen MR) is 81.9 cm³/mol. The SMILES string of the molecule is CCNC(=O)CN1CCN(C(=O)C2CC(C)CCN2)CC1. The Kier molecular flexibility index (Phi) is 5.99. The molecule has 0 aromatic carbocycles. The second-order valence-electron chi connectivity index (χ2n) is 6.19. The van der Waals surface area contributed by atoms with Crippen molar-refractivity contribution in [1.29, 1.82) is 0 Å². The molecule has 21 heavy (non-hydrogen) atoms. The van der Waals surface area contributed by atoms with E-state index in [9.17, 15) is 9.59 Å². The van der Waals surface area contributed by atoms with Crippen molar-refractivity contribution in [2.24, 2.45) is 5.92 Å². The third-order valence-corrected chi connectivity index (χ3v) is 4.39. The van der Waals surface area contributed by atoms with Gasteiger partial charge in [-0.25, -0.2) is 0 Å². The summed E-state index contributed by atoms with van der Waals surface area (Å²) in [4.78, 5) is 28.1. The van der Waals surface area contributed by atoms with Gasteiger partial charge in [-0.15, -0.1) is 0 Å². The van der Waals surface area contributed by atoms with Crippen molar-refractivity contribution in [3.63, 3.8) is 0 Å². The average Bonchev–Trinajstić information content (AvgIpc) is 2.47. The molecule has 0 aliphatic carbocycles. The number of nitrogens with one attached hydrogen (secondary N) is 2. The van der Waals surface area contributed by atoms with E-state index < -0.39 is 0 Å². The fraction of sp³-hybridized carbons (Fsp3) is 0.867. The molecule has 2 aliphatic rings. The highest BCUT2D eigenvalue weighted by Gasteiger charge is 2.30. The molecule has 0 spiro atoms. The lowest BCUT2D eigenvalue weighted by Gasteiger charge is -2.37. The molecule has 2 heterocycles. The fourth-order valence-corrected chi connectivity index (χ4v) is 3.10. The molecule has 120 valence electrons. The fourth-order valence-electron chi connectivity index (χ4n) is 3.10. The summed E-state index contributed by atoms with van der Waals surface area (Å²) >= 11 is 0. The summed E-state index contributed by atoms with van der Waals surface area (Å²) < 4.78 is 0. The van der Waals surface area contributed by atoms with Gasteiger partial charge in [0.15, 0.2) is 0 Å². The minimum atomic E-state index is -0.0105. The summed E-state index contributed by atoms with van der Waals surface area (Å²) in [5.41, 5.74) is 0. The Morgan fingerprint density at radius 1 is 1.24 bits per heavy atom. The van der Waals surface area contributed by atoms with E-state index in [1.807, 2.05) is 11.8 Å². The van der Waals surface area contributed by atoms with Gasteiger partial charge in [-0.2, -0.15) is 0 Å². The Hall–Kier alpha value is -1.14. The van der Waals surface area contributed by atoms with E-state index in [4.69, 9.17) is 0 Å². The minimum Gasteiger partial charge on any atom is -0.355 e. The van der Waals surface area contributed by atoms with Crippen molar-refractivity contribution >= 4 is 11.8 Å². The number of rotatable bonds is 4. The summed E-state index contributed by atoms with van der Waals surface area (Å²) in [5, 5.41) is 6.15. The van der Waals surface area contributed by atoms with Gasteiger partial charge in [0.2, 0.25) is 11.8 Å². The van der Waals surface area contributed by atoms with Crippen molar-refractivity contribution in [1.82, 2.24) is 20.4 Å². The van der Waals surface area contributed by atoms with Crippen molar-refractivity contribution in [2.45, 2.75) is 32.7 Å². The molecule has 2 N–H and O–H groups in total. The minimum absolute atomic E-state index is 0.0105. The van der Waals surface area contributed by atoms with Crippen LogP contribution in [0, 0.1) is 5.92 Å². The summed E-state index contributed by atoms with van der Waals surface area (Å²) in [6.07, 6.45) is 2.10. The maximum atomic E-state index is 12.5. The third-order valence-electron chi connectivity index (χ3n) is 4.39. The number of carbonyl (C=O) groups is 2. The van der Waals surface area contributed by atoms with Crippen LogP contribution in [0.25, 0.3) is 0 Å². The maximum Gasteiger partial charge on any atom is 0.239 e. The second kappa shape index (κ2) is 7.75. The van der Waals surface area contributed by atoms with Gasteiger partial charge in [-0.05, 0) is 32.2 Å². The van der Waals surface area contributed by atoms with E-state index >= 15 is 0 Å². The highest BCUT2D eigenvalue weighted by molar-refractivity contribution is 5.82. The molecule has 0 aromatic rings. The van der Waals surface area contributed by atoms with E-state index in [1.54, 1.807) is 0 Å². The first-order chi connectivity index (χ1) is 10.1. The molecule has 0 bridgehead atoms. The molecule has 6 heteroatoms. The van der Waals surface area contributed by atoms with E-state index in [-0.39, 0.29) is 17.9 Å². The molecule has 2 amide bonds. The standard InChI is InChI=1S/C15H28N4O2/c1-3-16-14(20)11-18-6-8-19(9-7-18)15(21)13-10-12(2)4-5-17-13/h12-13,17H,3-11H2,1-2H3,(H,16,20). The molecule has 2 rings (SSSR count). The summed E-state index contributed by atoms with van der Waals surface area (Å²) in [6.45, 7) is 9.20. The van der Waals surface area contributed by atoms with Crippen LogP contribution in [0.4, 0.5) is 0 Å². The molecule has 2 atom stereocenters. The van der Waals surface area contributed by atoms with Crippen LogP contribution in [0.15, 0.2) is 0 Å². The Bertz CT molecular complexity index is 367. The lowest BCUT2D eigenvalue weighted by molar-refractivity contribution is -0.136. The monoisotopic (exact) mass is 296 g/mol. The number of carbonyl (C=O) groups excluding carboxylic acids is 2. The molecule has 6 nitrogen and oxygen atoms in total. The van der Waals surface area contributed by atoms with Crippen LogP contribution in [0.1, 0.15) is 26.7 Å². The lowest BCUT2D eigenvalue weighted by atomic mass is 9.93. The molecule has 2 aliphatic heterocycles. The van der Waals surface area contributed by atoms with E-state index in [0.717, 1.165) is 45.6 Å². The largest absolute Gasteiger partial charge is 0.355 e. The number of hydrogen-bond acceptors (Lipinski definition) is 4. The molecule has 2 saturated heterocycles. The number of amides is 2. The van der Waals surface area contributed by atoms with Crippen LogP contribution in [-0.4, -0.2) is 73.5 Å². The number of likely N-dealkylation sites (N-methyl/N-ethyl adjacent to an activating group) is 1. The molecular formula is C15H28N4O2. The zero-order chi connectivity index (χ0) is 15.2. The first-order valence-corrected chi connectivity index (χ1v) is 8.11. The van der Waals surface area contributed by atoms with E-state index in [2.05, 4.69) is 22.5 Å². The average molecular weight is 296 g/mol. The smallest absolute Gasteiger partial charge is 0.239 e. The third kappa shape index (κ3) is 4.68. The van der Waals surface area contributed by atoms with Crippen LogP contribution < -0.4 is 10.6 Å². The van der Waals surface area contributed by atoms with Crippen LogP contribution in [0.2, 0.25) is 0 Å². The Morgan fingerprint density at radius 2 is 1.95 bits per heavy atom. The van der Waals surface area contributed by atoms with Crippen molar-refractivity contribution in [3.8, 4) is 0 Å². The van der Waals surface area contributed by atoms with Gasteiger partial charge in [-0.1, -0.05) is 6.92 Å². The van der Waals surface area contributed by atoms with Gasteiger partial charge >= 0.3 is 0 Å². The molecular weight excluding hydrogens is 268 g/mol. The number of nitrogens with zero attached hydrogens (tertiary/aromatic N) is 2. The van der Waals surface area contributed by atoms with Crippen LogP contribution in [0.5, 0.6) is 0 Å². The van der Waals surface area contributed by atoms with E-state index in [1.165, 1.54) is 0 Å². The first kappa shape index (κ1) is 16.2. The van der Waals surface area contributed by atoms with Crippen LogP contribution >= 0.6 is 0 Å². The normalized spacial score (nSPS) is 27.4. The summed E-state index contributed by atoms with van der Waals surface area (Å²) in [6, 6.07) is -0.0105. The maximum absolute atomic E-state index is 12.5. The quantitative estimate of drug-likeness (QED) is 0.745. The predicted octanol–water partition coefficient (Wildman–Crippen LogP) is -0.345. The molecule has 0 saturated carbocycles. The zero-order valence-corrected chi connectivity index (χ0v) is 13.2. The number of hydrogen-bond donors (Lipinski definition) is 2. The van der Waals surface area contributed by atoms with Gasteiger partial charge in [0, 0.05) is 32.7 Å². The van der Waals surface area contributed by atoms with Gasteiger partial charge in [0.1, 0.15) is 0 Å². The highest BCUT2D eigenvalue weighted by Crippen LogP contribution is 2.17. The molecule has 0 radical (unpaired) electrons. The molecule has 2 fully saturated rings. The number of piperazine rings is 1. The Labute approximate surface area is 127 Å². The van der Waals surface area contributed by atoms with Crippen LogP contribution in [0.3, 0.4) is 0 Å². The number of piperidine rings is 1. The second-order valence-corrected chi connectivity index (χ2v) is 6.19. The highest BCUT2D eigenvalue weighted by atomic mass is 16.2. The van der Waals surface area contributed by atoms with Crippen LogP contribution in [-0.2, 0) is 9.59 Å². The molecule has 0 aromatic heterocycles. The summed E-state index contributed by atoms with van der Waals surface area (Å²) in [5.74, 6) is 0.929. The van der Waals surface area contributed by atoms with Crippen molar-refractivity contribution in [2.75, 3.05) is 45.8 Å². The lowest BCUT2D eigenvalue weighted by Crippen LogP contribution is -2.56. The van der Waals surface area contributed by atoms with E-state index in [0.29, 0.717) is 19.0 Å². The van der Waals surface area contributed by atoms with Gasteiger partial charge in [0.25, 0.3) is 0 Å². The van der Waals surface area contributed by atoms with Crippen molar-refractivity contribution < 1.29 is 9.59 Å². The van der Waals surface area contributed by atoms with Gasteiger partial charge in [-0.3, -0.25) is 14.5 Å². The van der Waals surface area contributed by atoms with Gasteiger partial charge in [0.05, 0.1) is 12.6 Å². The first-order valence-electron chi connectivity index (χ1n) is 8.11. The Morgan fingerprint density at radius 3 is 2.57 bits per heavy atom. The van der Waals surface area contributed by atoms with Crippen molar-refractivity contribution in [3.05, 3.63) is 0 Å².